The van der Waals surface area contributed by atoms with Crippen LogP contribution in [0.15, 0.2) is 34.8 Å². The third-order valence-electron chi connectivity index (χ3n) is 8.29. The average Bonchev–Trinajstić information content (AvgIpc) is 2.76. The first kappa shape index (κ1) is 23.8. The van der Waals surface area contributed by atoms with Gasteiger partial charge in [-0.3, -0.25) is 0 Å². The van der Waals surface area contributed by atoms with Crippen molar-refractivity contribution in [3.05, 3.63) is 56.0 Å². The van der Waals surface area contributed by atoms with E-state index in [-0.39, 0.29) is 0 Å². The number of nitrogens with one attached hydrogen (secondary N) is 1. The van der Waals surface area contributed by atoms with Gasteiger partial charge in [-0.15, -0.1) is 0 Å². The van der Waals surface area contributed by atoms with Crippen molar-refractivity contribution in [1.82, 2.24) is 5.32 Å². The molecule has 3 nitrogen and oxygen atoms in total. The molecule has 0 radical (unpaired) electrons. The third-order valence-corrected chi connectivity index (χ3v) is 9.47. The first-order chi connectivity index (χ1) is 15.8. The summed E-state index contributed by atoms with van der Waals surface area (Å²) in [6, 6.07) is 10.2. The number of hydrogen-bond donors (Lipinski definition) is 1. The molecule has 178 valence electrons. The molecule has 33 heavy (non-hydrogen) atoms. The zero-order valence-electron chi connectivity index (χ0n) is 19.3. The Bertz CT molecular complexity index is 992. The summed E-state index contributed by atoms with van der Waals surface area (Å²) < 4.78 is 12.6. The van der Waals surface area contributed by atoms with E-state index in [0.29, 0.717) is 39.6 Å². The number of methoxy groups -OCH3 is 1. The molecule has 4 aliphatic carbocycles. The summed E-state index contributed by atoms with van der Waals surface area (Å²) in [5.41, 5.74) is 2.56. The quantitative estimate of drug-likeness (QED) is 0.359. The van der Waals surface area contributed by atoms with Gasteiger partial charge in [-0.05, 0) is 114 Å². The van der Waals surface area contributed by atoms with Gasteiger partial charge in [0.15, 0.2) is 11.5 Å². The minimum atomic E-state index is 0.339. The van der Waals surface area contributed by atoms with Gasteiger partial charge >= 0.3 is 0 Å². The van der Waals surface area contributed by atoms with Crippen LogP contribution in [0.3, 0.4) is 0 Å². The molecule has 0 saturated heterocycles. The summed E-state index contributed by atoms with van der Waals surface area (Å²) in [6.07, 6.45) is 8.71. The fraction of sp³-hybridized carbons (Fsp3) is 0.556. The summed E-state index contributed by atoms with van der Waals surface area (Å²) in [4.78, 5) is 0. The summed E-state index contributed by atoms with van der Waals surface area (Å²) in [6.45, 7) is 3.57. The third kappa shape index (κ3) is 4.91. The van der Waals surface area contributed by atoms with Gasteiger partial charge in [0.05, 0.1) is 11.6 Å². The van der Waals surface area contributed by atoms with E-state index in [9.17, 15) is 0 Å². The van der Waals surface area contributed by atoms with Crippen LogP contribution in [0, 0.1) is 23.2 Å². The van der Waals surface area contributed by atoms with Gasteiger partial charge in [0.1, 0.15) is 6.61 Å². The lowest BCUT2D eigenvalue weighted by Gasteiger charge is -2.59. The molecule has 2 aromatic carbocycles. The molecule has 0 spiro atoms. The maximum Gasteiger partial charge on any atom is 0.175 e. The van der Waals surface area contributed by atoms with Gasteiger partial charge in [0.25, 0.3) is 0 Å². The molecule has 0 heterocycles. The van der Waals surface area contributed by atoms with Crippen LogP contribution >= 0.6 is 39.1 Å². The lowest BCUT2D eigenvalue weighted by molar-refractivity contribution is -0.0706. The predicted molar refractivity (Wildman–Crippen MR) is 138 cm³/mol. The molecule has 1 N–H and O–H groups in total. The second kappa shape index (κ2) is 9.60. The second-order valence-corrected chi connectivity index (χ2v) is 12.2. The molecule has 4 fully saturated rings. The molecule has 0 unspecified atom stereocenters. The fourth-order valence-electron chi connectivity index (χ4n) is 7.00. The highest BCUT2D eigenvalue weighted by Gasteiger charge is 2.52. The molecule has 1 atom stereocenters. The van der Waals surface area contributed by atoms with Crippen molar-refractivity contribution in [2.75, 3.05) is 7.11 Å². The van der Waals surface area contributed by atoms with Gasteiger partial charge in [0.2, 0.25) is 0 Å². The van der Waals surface area contributed by atoms with Crippen molar-refractivity contribution in [2.45, 2.75) is 64.6 Å². The molecule has 4 bridgehead atoms. The molecule has 4 aliphatic rings. The zero-order valence-corrected chi connectivity index (χ0v) is 22.4. The van der Waals surface area contributed by atoms with Crippen LogP contribution in [0.4, 0.5) is 0 Å². The Morgan fingerprint density at radius 2 is 1.73 bits per heavy atom. The van der Waals surface area contributed by atoms with Crippen LogP contribution in [0.2, 0.25) is 10.0 Å². The number of halogens is 3. The van der Waals surface area contributed by atoms with Crippen LogP contribution < -0.4 is 14.8 Å². The Kier molecular flexibility index (Phi) is 6.92. The smallest absolute Gasteiger partial charge is 0.175 e. The first-order valence-electron chi connectivity index (χ1n) is 12.0. The molecular weight excluding hydrogens is 521 g/mol. The average molecular weight is 553 g/mol. The largest absolute Gasteiger partial charge is 0.493 e. The Morgan fingerprint density at radius 1 is 1.06 bits per heavy atom. The van der Waals surface area contributed by atoms with Crippen molar-refractivity contribution in [1.29, 1.82) is 0 Å². The van der Waals surface area contributed by atoms with E-state index in [4.69, 9.17) is 32.7 Å². The van der Waals surface area contributed by atoms with E-state index in [1.807, 2.05) is 12.1 Å². The zero-order chi connectivity index (χ0) is 23.2. The standard InChI is InChI=1S/C27H32BrCl2NO2/c1-16(27-11-17-5-18(12-27)7-19(6-17)13-27)31-14-20-8-23(28)26(25(9-20)32-2)33-15-21-3-4-22(29)10-24(21)30/h3-4,8-10,16-19,31H,5-7,11-15H2,1-2H3/t16-,17?,18?,19?,27?/m0/s1. The minimum absolute atomic E-state index is 0.339. The van der Waals surface area contributed by atoms with Crippen LogP contribution in [0.25, 0.3) is 0 Å². The highest BCUT2D eigenvalue weighted by Crippen LogP contribution is 2.61. The molecular formula is C27H32BrCl2NO2. The maximum atomic E-state index is 6.30. The van der Waals surface area contributed by atoms with Gasteiger partial charge < -0.3 is 14.8 Å². The summed E-state index contributed by atoms with van der Waals surface area (Å²) in [7, 11) is 1.68. The fourth-order valence-corrected chi connectivity index (χ4v) is 8.07. The highest BCUT2D eigenvalue weighted by molar-refractivity contribution is 9.10. The minimum Gasteiger partial charge on any atom is -0.493 e. The van der Waals surface area contributed by atoms with Crippen molar-refractivity contribution in [3.63, 3.8) is 0 Å². The normalized spacial score (nSPS) is 28.7. The van der Waals surface area contributed by atoms with Crippen molar-refractivity contribution >= 4 is 39.1 Å². The van der Waals surface area contributed by atoms with Crippen LogP contribution in [0.5, 0.6) is 11.5 Å². The van der Waals surface area contributed by atoms with E-state index < -0.39 is 0 Å². The second-order valence-electron chi connectivity index (χ2n) is 10.5. The molecule has 0 aliphatic heterocycles. The molecule has 4 saturated carbocycles. The van der Waals surface area contributed by atoms with Gasteiger partial charge in [-0.1, -0.05) is 29.3 Å². The van der Waals surface area contributed by atoms with Gasteiger partial charge in [0, 0.05) is 28.2 Å². The molecule has 0 aromatic heterocycles. The Labute approximate surface area is 215 Å². The molecule has 0 amide bonds. The van der Waals surface area contributed by atoms with Crippen LogP contribution in [0.1, 0.15) is 56.6 Å². The maximum absolute atomic E-state index is 6.30. The monoisotopic (exact) mass is 551 g/mol. The van der Waals surface area contributed by atoms with Crippen LogP contribution in [-0.4, -0.2) is 13.2 Å². The Hall–Kier alpha value is -0.940. The van der Waals surface area contributed by atoms with Crippen molar-refractivity contribution < 1.29 is 9.47 Å². The number of rotatable bonds is 8. The van der Waals surface area contributed by atoms with Gasteiger partial charge in [-0.25, -0.2) is 0 Å². The van der Waals surface area contributed by atoms with Crippen molar-refractivity contribution in [3.8, 4) is 11.5 Å². The SMILES string of the molecule is COc1cc(CN[C@@H](C)C23CC4CC(CC(C4)C2)C3)cc(Br)c1OCc1ccc(Cl)cc1Cl. The summed E-state index contributed by atoms with van der Waals surface area (Å²) >= 11 is 16.0. The van der Waals surface area contributed by atoms with E-state index in [0.717, 1.165) is 34.3 Å². The lowest BCUT2D eigenvalue weighted by atomic mass is 9.48. The number of hydrogen-bond acceptors (Lipinski definition) is 3. The molecule has 2 aromatic rings. The first-order valence-corrected chi connectivity index (χ1v) is 13.6. The molecule has 6 rings (SSSR count). The van der Waals surface area contributed by atoms with E-state index >= 15 is 0 Å². The van der Waals surface area contributed by atoms with Crippen molar-refractivity contribution in [2.24, 2.45) is 23.2 Å². The topological polar surface area (TPSA) is 30.5 Å². The lowest BCUT2D eigenvalue weighted by Crippen LogP contribution is -2.54. The van der Waals surface area contributed by atoms with E-state index in [2.05, 4.69) is 40.3 Å². The summed E-state index contributed by atoms with van der Waals surface area (Å²) in [5, 5.41) is 5.08. The number of ether oxygens (including phenoxy) is 2. The predicted octanol–water partition coefficient (Wildman–Crippen LogP) is 8.04. The van der Waals surface area contributed by atoms with E-state index in [1.54, 1.807) is 13.2 Å². The Balaban J connectivity index is 1.25. The van der Waals surface area contributed by atoms with Gasteiger partial charge in [-0.2, -0.15) is 0 Å². The molecule has 6 heteroatoms. The van der Waals surface area contributed by atoms with E-state index in [1.165, 1.54) is 44.1 Å². The highest BCUT2D eigenvalue weighted by atomic mass is 79.9. The summed E-state index contributed by atoms with van der Waals surface area (Å²) in [5.74, 6) is 4.32. The van der Waals surface area contributed by atoms with Crippen LogP contribution in [-0.2, 0) is 13.2 Å². The Morgan fingerprint density at radius 3 is 2.33 bits per heavy atom. The number of benzene rings is 2.